The maximum Gasteiger partial charge on any atom is 0.320 e. The van der Waals surface area contributed by atoms with Gasteiger partial charge in [-0.1, -0.05) is 6.07 Å². The van der Waals surface area contributed by atoms with Crippen LogP contribution in [0.3, 0.4) is 0 Å². The molecule has 0 bridgehead atoms. The third-order valence-electron chi connectivity index (χ3n) is 1.81. The molecule has 1 unspecified atom stereocenters. The predicted octanol–water partition coefficient (Wildman–Crippen LogP) is 1.59. The van der Waals surface area contributed by atoms with Crippen LogP contribution in [0.25, 0.3) is 0 Å². The van der Waals surface area contributed by atoms with Crippen molar-refractivity contribution in [3.63, 3.8) is 0 Å². The molecule has 16 heavy (non-hydrogen) atoms. The van der Waals surface area contributed by atoms with E-state index in [-0.39, 0.29) is 17.9 Å². The summed E-state index contributed by atoms with van der Waals surface area (Å²) >= 11 is 2.41. The van der Waals surface area contributed by atoms with Gasteiger partial charge in [-0.3, -0.25) is 4.79 Å². The average molecular weight is 313 g/mol. The molecule has 0 spiro atoms. The first-order chi connectivity index (χ1) is 7.50. The van der Waals surface area contributed by atoms with Gasteiger partial charge in [0.15, 0.2) is 11.5 Å². The standard InChI is InChI=1S/C9H11NO4.BrCl/c10-6(9(13)14)3-5-1-2-7(11)8(12)4-5;1-2/h1-2,4,6,11-12H,3,10H2,(H,13,14);. The maximum atomic E-state index is 10.4. The molecule has 0 fully saturated rings. The molecule has 0 saturated carbocycles. The van der Waals surface area contributed by atoms with Crippen LogP contribution in [0.5, 0.6) is 11.5 Å². The highest BCUT2D eigenvalue weighted by Gasteiger charge is 2.12. The second-order valence-electron chi connectivity index (χ2n) is 2.97. The summed E-state index contributed by atoms with van der Waals surface area (Å²) in [6.07, 6.45) is 0.114. The second-order valence-corrected chi connectivity index (χ2v) is 2.97. The Morgan fingerprint density at radius 3 is 2.38 bits per heavy atom. The fourth-order valence-corrected chi connectivity index (χ4v) is 1.04. The second kappa shape index (κ2) is 7.32. The lowest BCUT2D eigenvalue weighted by Crippen LogP contribution is -2.32. The van der Waals surface area contributed by atoms with Crippen LogP contribution in [-0.4, -0.2) is 27.3 Å². The first-order valence-electron chi connectivity index (χ1n) is 4.14. The molecule has 0 aromatic heterocycles. The molecule has 1 aromatic carbocycles. The van der Waals surface area contributed by atoms with Gasteiger partial charge in [-0.25, -0.2) is 0 Å². The highest BCUT2D eigenvalue weighted by molar-refractivity contribution is 9.22. The molecule has 0 aliphatic carbocycles. The number of hydrogen-bond acceptors (Lipinski definition) is 4. The van der Waals surface area contributed by atoms with Crippen LogP contribution in [0.1, 0.15) is 5.56 Å². The minimum Gasteiger partial charge on any atom is -0.504 e. The van der Waals surface area contributed by atoms with Crippen LogP contribution < -0.4 is 5.73 Å². The van der Waals surface area contributed by atoms with Crippen LogP contribution >= 0.6 is 25.1 Å². The number of hydrogen-bond donors (Lipinski definition) is 4. The number of benzene rings is 1. The van der Waals surface area contributed by atoms with E-state index < -0.39 is 12.0 Å². The van der Waals surface area contributed by atoms with E-state index in [1.54, 1.807) is 0 Å². The molecule has 0 aliphatic rings. The molecule has 1 aromatic rings. The van der Waals surface area contributed by atoms with Crippen LogP contribution in [0, 0.1) is 0 Å². The highest BCUT2D eigenvalue weighted by atomic mass is 79.9. The molecule has 90 valence electrons. The van der Waals surface area contributed by atoms with E-state index in [0.717, 1.165) is 0 Å². The summed E-state index contributed by atoms with van der Waals surface area (Å²) in [5.74, 6) is -1.62. The van der Waals surface area contributed by atoms with Gasteiger partial charge in [-0.05, 0) is 34.2 Å². The molecule has 0 aliphatic heterocycles. The number of carboxylic acids is 1. The van der Waals surface area contributed by atoms with Crippen molar-refractivity contribution in [1.29, 1.82) is 0 Å². The number of rotatable bonds is 3. The molecule has 0 saturated heterocycles. The molecule has 0 heterocycles. The first-order valence-corrected chi connectivity index (χ1v) is 6.22. The third kappa shape index (κ3) is 4.69. The van der Waals surface area contributed by atoms with E-state index in [1.165, 1.54) is 18.2 Å². The fourth-order valence-electron chi connectivity index (χ4n) is 1.04. The zero-order valence-corrected chi connectivity index (χ0v) is 10.4. The van der Waals surface area contributed by atoms with Crippen molar-refractivity contribution in [2.75, 3.05) is 0 Å². The smallest absolute Gasteiger partial charge is 0.320 e. The number of carbonyl (C=O) groups is 1. The van der Waals surface area contributed by atoms with E-state index in [9.17, 15) is 4.79 Å². The van der Waals surface area contributed by atoms with Crippen molar-refractivity contribution >= 4 is 31.1 Å². The summed E-state index contributed by atoms with van der Waals surface area (Å²) in [7, 11) is 4.45. The van der Waals surface area contributed by atoms with E-state index >= 15 is 0 Å². The quantitative estimate of drug-likeness (QED) is 0.635. The zero-order valence-electron chi connectivity index (χ0n) is 8.10. The number of aromatic hydroxyl groups is 2. The fraction of sp³-hybridized carbons (Fsp3) is 0.222. The van der Waals surface area contributed by atoms with Crippen LogP contribution in [-0.2, 0) is 11.2 Å². The SMILES string of the molecule is ClBr.NC(Cc1ccc(O)c(O)c1)C(=O)O. The van der Waals surface area contributed by atoms with Gasteiger partial charge in [-0.15, -0.1) is 0 Å². The summed E-state index contributed by atoms with van der Waals surface area (Å²) in [6.45, 7) is 0. The lowest BCUT2D eigenvalue weighted by molar-refractivity contribution is -0.138. The molecule has 5 nitrogen and oxygen atoms in total. The predicted molar refractivity (Wildman–Crippen MR) is 63.9 cm³/mol. The van der Waals surface area contributed by atoms with Gasteiger partial charge in [0, 0.05) is 15.0 Å². The Kier molecular flexibility index (Phi) is 6.87. The summed E-state index contributed by atoms with van der Waals surface area (Å²) in [6, 6.07) is 3.09. The lowest BCUT2D eigenvalue weighted by Gasteiger charge is -2.06. The van der Waals surface area contributed by atoms with Crippen molar-refractivity contribution in [3.05, 3.63) is 23.8 Å². The number of carboxylic acid groups (broad SMARTS) is 1. The Labute approximate surface area is 105 Å². The topological polar surface area (TPSA) is 104 Å². The van der Waals surface area contributed by atoms with Crippen LogP contribution in [0.15, 0.2) is 18.2 Å². The molecule has 0 amide bonds. The average Bonchev–Trinajstić information content (AvgIpc) is 2.26. The molecule has 1 rings (SSSR count). The van der Waals surface area contributed by atoms with Gasteiger partial charge in [0.25, 0.3) is 0 Å². The van der Waals surface area contributed by atoms with E-state index in [1.807, 2.05) is 0 Å². The van der Waals surface area contributed by atoms with Gasteiger partial charge in [-0.2, -0.15) is 0 Å². The number of nitrogens with two attached hydrogens (primary N) is 1. The largest absolute Gasteiger partial charge is 0.504 e. The summed E-state index contributed by atoms with van der Waals surface area (Å²) < 4.78 is 0. The summed E-state index contributed by atoms with van der Waals surface area (Å²) in [5, 5.41) is 26.6. The number of aliphatic carboxylic acids is 1. The van der Waals surface area contributed by atoms with Crippen molar-refractivity contribution in [3.8, 4) is 11.5 Å². The van der Waals surface area contributed by atoms with Gasteiger partial charge < -0.3 is 21.1 Å². The normalized spacial score (nSPS) is 11.2. The Hall–Kier alpha value is -0.980. The molecule has 1 atom stereocenters. The molecule has 7 heteroatoms. The Morgan fingerprint density at radius 1 is 1.38 bits per heavy atom. The van der Waals surface area contributed by atoms with E-state index in [2.05, 4.69) is 25.1 Å². The molecule has 0 radical (unpaired) electrons. The highest BCUT2D eigenvalue weighted by Crippen LogP contribution is 2.25. The molecular weight excluding hydrogens is 301 g/mol. The Balaban J connectivity index is 0.00000106. The third-order valence-corrected chi connectivity index (χ3v) is 1.81. The molecular formula is C9H11BrClNO4. The van der Waals surface area contributed by atoms with Gasteiger partial charge in [0.1, 0.15) is 6.04 Å². The maximum absolute atomic E-state index is 10.4. The van der Waals surface area contributed by atoms with Crippen LogP contribution in [0.2, 0.25) is 0 Å². The van der Waals surface area contributed by atoms with Gasteiger partial charge in [0.05, 0.1) is 0 Å². The van der Waals surface area contributed by atoms with Gasteiger partial charge in [0.2, 0.25) is 0 Å². The number of phenols is 2. The zero-order chi connectivity index (χ0) is 12.7. The Bertz CT molecular complexity index is 361. The summed E-state index contributed by atoms with van der Waals surface area (Å²) in [5.41, 5.74) is 5.86. The van der Waals surface area contributed by atoms with E-state index in [0.29, 0.717) is 5.56 Å². The van der Waals surface area contributed by atoms with Crippen molar-refractivity contribution in [1.82, 2.24) is 0 Å². The number of phenolic OH excluding ortho intramolecular Hbond substituents is 2. The minimum absolute atomic E-state index is 0.114. The van der Waals surface area contributed by atoms with Crippen molar-refractivity contribution in [2.24, 2.45) is 5.73 Å². The van der Waals surface area contributed by atoms with Crippen molar-refractivity contribution in [2.45, 2.75) is 12.5 Å². The molecule has 5 N–H and O–H groups in total. The number of halogens is 2. The van der Waals surface area contributed by atoms with E-state index in [4.69, 9.17) is 21.1 Å². The monoisotopic (exact) mass is 311 g/mol. The first kappa shape index (κ1) is 15.0. The minimum atomic E-state index is -1.10. The van der Waals surface area contributed by atoms with Crippen LogP contribution in [0.4, 0.5) is 0 Å². The lowest BCUT2D eigenvalue weighted by atomic mass is 10.1. The van der Waals surface area contributed by atoms with Crippen molar-refractivity contribution < 1.29 is 20.1 Å². The summed E-state index contributed by atoms with van der Waals surface area (Å²) in [4.78, 5) is 10.4. The van der Waals surface area contributed by atoms with Gasteiger partial charge >= 0.3 is 5.97 Å². The Morgan fingerprint density at radius 2 is 1.94 bits per heavy atom.